The molecule has 32 heavy (non-hydrogen) atoms. The summed E-state index contributed by atoms with van der Waals surface area (Å²) in [5.41, 5.74) is 2.53. The highest BCUT2D eigenvalue weighted by molar-refractivity contribution is 6.00. The van der Waals surface area contributed by atoms with Crippen molar-refractivity contribution in [1.29, 1.82) is 0 Å². The minimum absolute atomic E-state index is 0.0870. The van der Waals surface area contributed by atoms with Crippen LogP contribution in [0, 0.1) is 6.92 Å². The van der Waals surface area contributed by atoms with Gasteiger partial charge in [-0.1, -0.05) is 37.1 Å². The monoisotopic (exact) mass is 431 g/mol. The van der Waals surface area contributed by atoms with E-state index in [-0.39, 0.29) is 17.9 Å². The van der Waals surface area contributed by atoms with Crippen molar-refractivity contribution in [3.8, 4) is 11.5 Å². The molecule has 0 saturated heterocycles. The highest BCUT2D eigenvalue weighted by Gasteiger charge is 2.48. The Morgan fingerprint density at radius 2 is 1.84 bits per heavy atom. The summed E-state index contributed by atoms with van der Waals surface area (Å²) < 4.78 is 7.54. The van der Waals surface area contributed by atoms with E-state index in [0.29, 0.717) is 24.5 Å². The molecular formula is C26H29N3O3. The minimum atomic E-state index is -1.02. The summed E-state index contributed by atoms with van der Waals surface area (Å²) in [4.78, 5) is 29.2. The van der Waals surface area contributed by atoms with Crippen LogP contribution < -0.4 is 5.32 Å². The Morgan fingerprint density at radius 1 is 1.09 bits per heavy atom. The Hall–Kier alpha value is -3.28. The van der Waals surface area contributed by atoms with Gasteiger partial charge in [-0.05, 0) is 62.1 Å². The molecule has 1 saturated carbocycles. The van der Waals surface area contributed by atoms with Crippen molar-refractivity contribution in [2.75, 3.05) is 0 Å². The van der Waals surface area contributed by atoms with Crippen LogP contribution in [0.4, 0.5) is 0 Å². The van der Waals surface area contributed by atoms with Crippen LogP contribution in [0.15, 0.2) is 59.2 Å². The van der Waals surface area contributed by atoms with E-state index < -0.39 is 5.54 Å². The molecule has 1 aliphatic carbocycles. The molecule has 5 rings (SSSR count). The van der Waals surface area contributed by atoms with Crippen LogP contribution in [-0.4, -0.2) is 32.9 Å². The first-order valence-electron chi connectivity index (χ1n) is 11.4. The molecule has 0 spiro atoms. The summed E-state index contributed by atoms with van der Waals surface area (Å²) in [5, 5.41) is 3.25. The van der Waals surface area contributed by atoms with E-state index in [1.54, 1.807) is 11.2 Å². The number of aryl methyl sites for hydroxylation is 1. The molecule has 6 nitrogen and oxygen atoms in total. The van der Waals surface area contributed by atoms with Crippen LogP contribution in [0.5, 0.6) is 0 Å². The van der Waals surface area contributed by atoms with Crippen molar-refractivity contribution < 1.29 is 14.0 Å². The smallest absolute Gasteiger partial charge is 0.271 e. The number of aromatic nitrogens is 1. The Morgan fingerprint density at radius 3 is 2.56 bits per heavy atom. The zero-order valence-electron chi connectivity index (χ0n) is 18.6. The number of furan rings is 1. The van der Waals surface area contributed by atoms with Gasteiger partial charge in [0.1, 0.15) is 17.0 Å². The molecule has 166 valence electrons. The van der Waals surface area contributed by atoms with Crippen LogP contribution in [0.25, 0.3) is 11.5 Å². The molecule has 6 heteroatoms. The highest BCUT2D eigenvalue weighted by atomic mass is 16.3. The first-order chi connectivity index (χ1) is 15.5. The standard InChI is InChI=1S/C26H29N3O3/c1-18-8-3-4-9-19(18)16-29-24(30)22-14-13-21(23-12-7-15-32-23)28(22)17-26(29,2)25(31)27-20-10-5-6-11-20/h3-4,7-9,12-15,20H,5-6,10-11,16-17H2,1-2H3,(H,27,31). The molecule has 2 aromatic heterocycles. The summed E-state index contributed by atoms with van der Waals surface area (Å²) >= 11 is 0. The number of rotatable bonds is 5. The Bertz CT molecular complexity index is 1140. The molecule has 3 heterocycles. The number of nitrogens with zero attached hydrogens (tertiary/aromatic N) is 2. The van der Waals surface area contributed by atoms with Crippen LogP contribution in [-0.2, 0) is 17.9 Å². The van der Waals surface area contributed by atoms with Gasteiger partial charge in [0, 0.05) is 12.6 Å². The van der Waals surface area contributed by atoms with Gasteiger partial charge in [0.25, 0.3) is 5.91 Å². The molecule has 3 aromatic rings. The normalized spacial score (nSPS) is 21.1. The molecule has 2 amide bonds. The number of carbonyl (C=O) groups is 2. The lowest BCUT2D eigenvalue weighted by Gasteiger charge is -2.45. The van der Waals surface area contributed by atoms with E-state index in [1.165, 1.54) is 0 Å². The molecule has 1 fully saturated rings. The maximum Gasteiger partial charge on any atom is 0.271 e. The molecular weight excluding hydrogens is 402 g/mol. The van der Waals surface area contributed by atoms with Crippen molar-refractivity contribution in [3.63, 3.8) is 0 Å². The third-order valence-corrected chi connectivity index (χ3v) is 7.05. The summed E-state index contributed by atoms with van der Waals surface area (Å²) in [6, 6.07) is 15.7. The topological polar surface area (TPSA) is 67.5 Å². The maximum atomic E-state index is 13.8. The second kappa shape index (κ2) is 8.01. The molecule has 0 bridgehead atoms. The summed E-state index contributed by atoms with van der Waals surface area (Å²) in [5.74, 6) is 0.465. The second-order valence-corrected chi connectivity index (χ2v) is 9.21. The average molecular weight is 432 g/mol. The molecule has 1 atom stereocenters. The summed E-state index contributed by atoms with van der Waals surface area (Å²) in [7, 11) is 0. The third-order valence-electron chi connectivity index (χ3n) is 7.05. The van der Waals surface area contributed by atoms with Crippen molar-refractivity contribution in [2.24, 2.45) is 0 Å². The molecule has 0 radical (unpaired) electrons. The fraction of sp³-hybridized carbons (Fsp3) is 0.385. The number of fused-ring (bicyclic) bond motifs is 1. The first-order valence-corrected chi connectivity index (χ1v) is 11.4. The van der Waals surface area contributed by atoms with Gasteiger partial charge in [-0.15, -0.1) is 0 Å². The zero-order valence-corrected chi connectivity index (χ0v) is 18.6. The van der Waals surface area contributed by atoms with E-state index in [0.717, 1.165) is 42.5 Å². The van der Waals surface area contributed by atoms with Crippen molar-refractivity contribution in [3.05, 3.63) is 71.6 Å². The fourth-order valence-corrected chi connectivity index (χ4v) is 5.03. The number of nitrogens with one attached hydrogen (secondary N) is 1. The zero-order chi connectivity index (χ0) is 22.3. The van der Waals surface area contributed by atoms with Gasteiger partial charge < -0.3 is 19.2 Å². The molecule has 1 aromatic carbocycles. The fourth-order valence-electron chi connectivity index (χ4n) is 5.03. The summed E-state index contributed by atoms with van der Waals surface area (Å²) in [6.07, 6.45) is 5.90. The average Bonchev–Trinajstić information content (AvgIpc) is 3.54. The van der Waals surface area contributed by atoms with Gasteiger partial charge in [0.2, 0.25) is 5.91 Å². The Kier molecular flexibility index (Phi) is 5.16. The van der Waals surface area contributed by atoms with Crippen molar-refractivity contribution in [2.45, 2.75) is 64.2 Å². The van der Waals surface area contributed by atoms with E-state index >= 15 is 0 Å². The molecule has 2 aliphatic rings. The second-order valence-electron chi connectivity index (χ2n) is 9.21. The van der Waals surface area contributed by atoms with Crippen LogP contribution >= 0.6 is 0 Å². The van der Waals surface area contributed by atoms with E-state index in [1.807, 2.05) is 66.9 Å². The van der Waals surface area contributed by atoms with Gasteiger partial charge in [0.05, 0.1) is 18.5 Å². The lowest BCUT2D eigenvalue weighted by molar-refractivity contribution is -0.133. The molecule has 1 unspecified atom stereocenters. The quantitative estimate of drug-likeness (QED) is 0.645. The van der Waals surface area contributed by atoms with Crippen LogP contribution in [0.2, 0.25) is 0 Å². The van der Waals surface area contributed by atoms with E-state index in [4.69, 9.17) is 4.42 Å². The van der Waals surface area contributed by atoms with Gasteiger partial charge in [-0.25, -0.2) is 0 Å². The van der Waals surface area contributed by atoms with E-state index in [2.05, 4.69) is 5.32 Å². The van der Waals surface area contributed by atoms with E-state index in [9.17, 15) is 9.59 Å². The van der Waals surface area contributed by atoms with Crippen LogP contribution in [0.1, 0.15) is 54.2 Å². The van der Waals surface area contributed by atoms with Gasteiger partial charge >= 0.3 is 0 Å². The number of hydrogen-bond acceptors (Lipinski definition) is 3. The van der Waals surface area contributed by atoms with Crippen LogP contribution in [0.3, 0.4) is 0 Å². The van der Waals surface area contributed by atoms with Gasteiger partial charge in [-0.2, -0.15) is 0 Å². The number of benzene rings is 1. The number of amides is 2. The van der Waals surface area contributed by atoms with Gasteiger partial charge in [0.15, 0.2) is 0 Å². The predicted molar refractivity (Wildman–Crippen MR) is 122 cm³/mol. The Labute approximate surface area is 188 Å². The summed E-state index contributed by atoms with van der Waals surface area (Å²) in [6.45, 7) is 4.70. The minimum Gasteiger partial charge on any atom is -0.463 e. The first kappa shape index (κ1) is 20.6. The van der Waals surface area contributed by atoms with Crippen molar-refractivity contribution >= 4 is 11.8 Å². The lowest BCUT2D eigenvalue weighted by atomic mass is 9.92. The largest absolute Gasteiger partial charge is 0.463 e. The highest BCUT2D eigenvalue weighted by Crippen LogP contribution is 2.35. The maximum absolute atomic E-state index is 13.8. The molecule has 1 aliphatic heterocycles. The lowest BCUT2D eigenvalue weighted by Crippen LogP contribution is -2.64. The Balaban J connectivity index is 1.56. The molecule has 1 N–H and O–H groups in total. The van der Waals surface area contributed by atoms with Gasteiger partial charge in [-0.3, -0.25) is 9.59 Å². The third kappa shape index (κ3) is 3.44. The number of hydrogen-bond donors (Lipinski definition) is 1. The number of carbonyl (C=O) groups excluding carboxylic acids is 2. The predicted octanol–water partition coefficient (Wildman–Crippen LogP) is 4.53. The van der Waals surface area contributed by atoms with Crippen molar-refractivity contribution in [1.82, 2.24) is 14.8 Å². The SMILES string of the molecule is Cc1ccccc1CN1C(=O)c2ccc(-c3ccco3)n2CC1(C)C(=O)NC1CCCC1.